The van der Waals surface area contributed by atoms with E-state index in [1.165, 1.54) is 0 Å². The second-order valence-electron chi connectivity index (χ2n) is 8.03. The van der Waals surface area contributed by atoms with Gasteiger partial charge < -0.3 is 14.2 Å². The number of fused-ring (bicyclic) bond motifs is 1. The molecule has 0 aromatic carbocycles. The molecular weight excluding hydrogens is 389 g/mol. The Morgan fingerprint density at radius 1 is 1.21 bits per heavy atom. The van der Waals surface area contributed by atoms with E-state index in [-0.39, 0.29) is 16.8 Å². The average molecular weight is 411 g/mol. The van der Waals surface area contributed by atoms with Crippen LogP contribution >= 0.6 is 15.9 Å². The van der Waals surface area contributed by atoms with E-state index in [0.717, 1.165) is 12.8 Å². The fourth-order valence-electron chi connectivity index (χ4n) is 5.51. The highest BCUT2D eigenvalue weighted by molar-refractivity contribution is 9.09. The molecule has 2 bridgehead atoms. The first-order valence-electron chi connectivity index (χ1n) is 8.49. The number of allylic oxidation sites excluding steroid dienone is 1. The molecule has 0 aromatic rings. The summed E-state index contributed by atoms with van der Waals surface area (Å²) in [6.45, 7) is 5.89. The fourth-order valence-corrected chi connectivity index (χ4v) is 6.38. The molecule has 3 heterocycles. The van der Waals surface area contributed by atoms with Crippen molar-refractivity contribution in [1.29, 1.82) is 0 Å². The zero-order valence-corrected chi connectivity index (χ0v) is 15.6. The highest BCUT2D eigenvalue weighted by atomic mass is 79.9. The van der Waals surface area contributed by atoms with Crippen LogP contribution in [0.2, 0.25) is 0 Å². The Morgan fingerprint density at radius 2 is 1.92 bits per heavy atom. The molecule has 0 aromatic heterocycles. The van der Waals surface area contributed by atoms with Crippen molar-refractivity contribution in [2.24, 2.45) is 17.3 Å². The van der Waals surface area contributed by atoms with Crippen LogP contribution in [0, 0.1) is 17.3 Å². The molecule has 1 saturated carbocycles. The van der Waals surface area contributed by atoms with Crippen molar-refractivity contribution in [2.45, 2.75) is 70.3 Å². The molecule has 1 aliphatic carbocycles. The van der Waals surface area contributed by atoms with Crippen molar-refractivity contribution in [3.8, 4) is 0 Å². The fraction of sp³-hybridized carbons (Fsp3) is 0.882. The van der Waals surface area contributed by atoms with Crippen molar-refractivity contribution < 1.29 is 27.4 Å². The van der Waals surface area contributed by atoms with Crippen molar-refractivity contribution in [2.75, 3.05) is 5.33 Å². The summed E-state index contributed by atoms with van der Waals surface area (Å²) in [5, 5.41) is 0.119. The first kappa shape index (κ1) is 17.2. The number of rotatable bonds is 1. The zero-order valence-electron chi connectivity index (χ0n) is 14.0. The van der Waals surface area contributed by atoms with Gasteiger partial charge in [-0.25, -0.2) is 0 Å². The Morgan fingerprint density at radius 3 is 2.54 bits per heavy atom. The number of alkyl halides is 4. The minimum absolute atomic E-state index is 0.119. The summed E-state index contributed by atoms with van der Waals surface area (Å²) < 4.78 is 58.8. The summed E-state index contributed by atoms with van der Waals surface area (Å²) in [5.74, 6) is -1.25. The van der Waals surface area contributed by atoms with Crippen molar-refractivity contribution in [3.05, 3.63) is 11.3 Å². The molecule has 3 aliphatic heterocycles. The summed E-state index contributed by atoms with van der Waals surface area (Å²) in [7, 11) is 0. The van der Waals surface area contributed by atoms with Crippen LogP contribution in [-0.2, 0) is 14.2 Å². The van der Waals surface area contributed by atoms with E-state index >= 15 is 0 Å². The Hall–Kier alpha value is -0.270. The molecule has 6 atom stereocenters. The van der Waals surface area contributed by atoms with Gasteiger partial charge in [0, 0.05) is 17.2 Å². The number of hydrogen-bond acceptors (Lipinski definition) is 3. The topological polar surface area (TPSA) is 27.7 Å². The largest absolute Gasteiger partial charge is 0.456 e. The van der Waals surface area contributed by atoms with E-state index in [0.29, 0.717) is 18.8 Å². The van der Waals surface area contributed by atoms with Gasteiger partial charge in [-0.1, -0.05) is 29.8 Å². The quantitative estimate of drug-likeness (QED) is 0.575. The maximum absolute atomic E-state index is 13.6. The van der Waals surface area contributed by atoms with Crippen LogP contribution in [0.3, 0.4) is 0 Å². The van der Waals surface area contributed by atoms with Crippen LogP contribution in [0.25, 0.3) is 0 Å². The number of ether oxygens (including phenoxy) is 3. The maximum atomic E-state index is 13.6. The van der Waals surface area contributed by atoms with E-state index in [4.69, 9.17) is 14.2 Å². The van der Waals surface area contributed by atoms with E-state index < -0.39 is 35.0 Å². The minimum Gasteiger partial charge on any atom is -0.456 e. The Kier molecular flexibility index (Phi) is 3.51. The highest BCUT2D eigenvalue weighted by Crippen LogP contribution is 2.69. The van der Waals surface area contributed by atoms with Crippen molar-refractivity contribution >= 4 is 15.9 Å². The van der Waals surface area contributed by atoms with Crippen LogP contribution in [0.15, 0.2) is 11.3 Å². The van der Waals surface area contributed by atoms with E-state index in [1.807, 2.05) is 13.8 Å². The molecule has 0 radical (unpaired) electrons. The first-order valence-corrected chi connectivity index (χ1v) is 9.61. The molecule has 7 heteroatoms. The van der Waals surface area contributed by atoms with Crippen LogP contribution in [0.5, 0.6) is 0 Å². The van der Waals surface area contributed by atoms with Gasteiger partial charge in [-0.05, 0) is 43.6 Å². The third-order valence-electron chi connectivity index (χ3n) is 6.76. The summed E-state index contributed by atoms with van der Waals surface area (Å²) in [5.41, 5.74) is -1.33. The average Bonchev–Trinajstić information content (AvgIpc) is 2.71. The highest BCUT2D eigenvalue weighted by Gasteiger charge is 2.76. The van der Waals surface area contributed by atoms with Crippen LogP contribution in [0.1, 0.15) is 46.5 Å². The molecule has 2 saturated heterocycles. The van der Waals surface area contributed by atoms with Crippen LogP contribution < -0.4 is 0 Å². The van der Waals surface area contributed by atoms with Crippen molar-refractivity contribution in [3.63, 3.8) is 0 Å². The van der Waals surface area contributed by atoms with Crippen molar-refractivity contribution in [1.82, 2.24) is 0 Å². The number of hydrogen-bond donors (Lipinski definition) is 0. The molecule has 3 fully saturated rings. The predicted octanol–water partition coefficient (Wildman–Crippen LogP) is 4.90. The molecule has 1 spiro atoms. The maximum Gasteiger partial charge on any atom is 0.449 e. The second kappa shape index (κ2) is 4.92. The zero-order chi connectivity index (χ0) is 17.5. The molecule has 4 aliphatic rings. The molecule has 136 valence electrons. The van der Waals surface area contributed by atoms with E-state index in [2.05, 4.69) is 22.9 Å². The Labute approximate surface area is 148 Å². The molecule has 0 amide bonds. The third-order valence-corrected chi connectivity index (χ3v) is 7.32. The Balaban J connectivity index is 1.94. The third kappa shape index (κ3) is 1.92. The van der Waals surface area contributed by atoms with Gasteiger partial charge in [-0.3, -0.25) is 0 Å². The lowest BCUT2D eigenvalue weighted by Crippen LogP contribution is -2.67. The molecule has 0 N–H and O–H groups in total. The van der Waals surface area contributed by atoms with Gasteiger partial charge in [-0.15, -0.1) is 0 Å². The number of halogens is 4. The predicted molar refractivity (Wildman–Crippen MR) is 84.3 cm³/mol. The summed E-state index contributed by atoms with van der Waals surface area (Å²) >= 11 is 3.28. The molecule has 24 heavy (non-hydrogen) atoms. The van der Waals surface area contributed by atoms with Gasteiger partial charge >= 0.3 is 6.18 Å². The van der Waals surface area contributed by atoms with Gasteiger partial charge in [0.05, 0.1) is 0 Å². The van der Waals surface area contributed by atoms with E-state index in [1.54, 1.807) is 0 Å². The standard InChI is InChI=1S/C17H22BrF3O3/c1-9-4-6-14(2)11(8-18)12(17(19,20)21)22-13-16(14)10(9)5-7-15(3,23-13)24-16/h9-10,13H,4-8H2,1-3H3/t9-,10?,13-,14+,15?,16+/m1/s1. The summed E-state index contributed by atoms with van der Waals surface area (Å²) in [6, 6.07) is 0. The van der Waals surface area contributed by atoms with Gasteiger partial charge in [-0.2, -0.15) is 13.2 Å². The molecule has 2 unspecified atom stereocenters. The normalized spacial score (nSPS) is 50.5. The second-order valence-corrected chi connectivity index (χ2v) is 8.59. The lowest BCUT2D eigenvalue weighted by atomic mass is 9.51. The molecule has 3 nitrogen and oxygen atoms in total. The smallest absolute Gasteiger partial charge is 0.449 e. The first-order chi connectivity index (χ1) is 11.1. The summed E-state index contributed by atoms with van der Waals surface area (Å²) in [4.78, 5) is 0. The van der Waals surface area contributed by atoms with Gasteiger partial charge in [0.2, 0.25) is 12.0 Å². The van der Waals surface area contributed by atoms with Crippen LogP contribution in [-0.4, -0.2) is 29.2 Å². The van der Waals surface area contributed by atoms with Gasteiger partial charge in [0.1, 0.15) is 5.60 Å². The monoisotopic (exact) mass is 410 g/mol. The molecular formula is C17H22BrF3O3. The van der Waals surface area contributed by atoms with Gasteiger partial charge in [0.15, 0.2) is 5.79 Å². The minimum atomic E-state index is -4.53. The lowest BCUT2D eigenvalue weighted by Gasteiger charge is -2.61. The lowest BCUT2D eigenvalue weighted by molar-refractivity contribution is -0.274. The van der Waals surface area contributed by atoms with Gasteiger partial charge in [0.25, 0.3) is 0 Å². The molecule has 4 rings (SSSR count). The van der Waals surface area contributed by atoms with Crippen LogP contribution in [0.4, 0.5) is 13.2 Å². The van der Waals surface area contributed by atoms with E-state index in [9.17, 15) is 13.2 Å². The summed E-state index contributed by atoms with van der Waals surface area (Å²) in [6.07, 6.45) is -2.42. The Bertz CT molecular complexity index is 606. The SMILES string of the molecule is C[C@@H]1CC[C@@]2(C)C(CBr)=C(C(F)(F)F)O[C@@H]3OC4(C)CCC1[C@]32O4.